The average Bonchev–Trinajstić information content (AvgIpc) is 3.50. The van der Waals surface area contributed by atoms with Crippen molar-refractivity contribution in [3.05, 3.63) is 75.5 Å². The van der Waals surface area contributed by atoms with E-state index >= 15 is 0 Å². The summed E-state index contributed by atoms with van der Waals surface area (Å²) in [5.41, 5.74) is 2.77. The van der Waals surface area contributed by atoms with Gasteiger partial charge in [0.05, 0.1) is 36.6 Å². The van der Waals surface area contributed by atoms with Gasteiger partial charge in [-0.1, -0.05) is 44.2 Å². The molecule has 1 aliphatic heterocycles. The van der Waals surface area contributed by atoms with Crippen molar-refractivity contribution in [3.8, 4) is 0 Å². The first-order valence-corrected chi connectivity index (χ1v) is 11.9. The SMILES string of the molecule is CCC(NC(=O)c1cc(C(=O)NC(CC)c2nccs2)n2c1COCC2)c1ccccc1. The van der Waals surface area contributed by atoms with Crippen LogP contribution in [0, 0.1) is 0 Å². The Bertz CT molecular complexity index is 1060. The third-order valence-corrected chi connectivity index (χ3v) is 6.65. The van der Waals surface area contributed by atoms with Gasteiger partial charge in [-0.25, -0.2) is 4.98 Å². The molecule has 32 heavy (non-hydrogen) atoms. The van der Waals surface area contributed by atoms with Gasteiger partial charge in [0, 0.05) is 18.1 Å². The highest BCUT2D eigenvalue weighted by Gasteiger charge is 2.28. The number of carbonyl (C=O) groups excluding carboxylic acids is 2. The Labute approximate surface area is 191 Å². The maximum atomic E-state index is 13.2. The zero-order chi connectivity index (χ0) is 22.5. The van der Waals surface area contributed by atoms with Crippen LogP contribution in [-0.2, 0) is 17.9 Å². The molecule has 0 aliphatic carbocycles. The number of nitrogens with zero attached hydrogens (tertiary/aromatic N) is 2. The zero-order valence-corrected chi connectivity index (χ0v) is 19.2. The van der Waals surface area contributed by atoms with Crippen molar-refractivity contribution < 1.29 is 14.3 Å². The lowest BCUT2D eigenvalue weighted by Crippen LogP contribution is -2.31. The topological polar surface area (TPSA) is 85.3 Å². The third-order valence-electron chi connectivity index (χ3n) is 5.76. The molecule has 2 aromatic heterocycles. The largest absolute Gasteiger partial charge is 0.373 e. The van der Waals surface area contributed by atoms with Gasteiger partial charge in [-0.2, -0.15) is 0 Å². The number of benzene rings is 1. The molecule has 168 valence electrons. The van der Waals surface area contributed by atoms with Gasteiger partial charge in [-0.15, -0.1) is 11.3 Å². The van der Waals surface area contributed by atoms with Crippen molar-refractivity contribution in [1.82, 2.24) is 20.2 Å². The summed E-state index contributed by atoms with van der Waals surface area (Å²) in [7, 11) is 0. The fourth-order valence-electron chi connectivity index (χ4n) is 4.03. The number of nitrogens with one attached hydrogen (secondary N) is 2. The van der Waals surface area contributed by atoms with Gasteiger partial charge in [0.15, 0.2) is 0 Å². The minimum Gasteiger partial charge on any atom is -0.373 e. The maximum absolute atomic E-state index is 13.2. The summed E-state index contributed by atoms with van der Waals surface area (Å²) in [6, 6.07) is 11.3. The van der Waals surface area contributed by atoms with E-state index in [0.29, 0.717) is 31.0 Å². The molecule has 1 aromatic carbocycles. The molecule has 2 atom stereocenters. The molecular formula is C24H28N4O3S. The molecule has 0 spiro atoms. The molecule has 8 heteroatoms. The molecule has 7 nitrogen and oxygen atoms in total. The lowest BCUT2D eigenvalue weighted by Gasteiger charge is -2.21. The number of rotatable bonds is 8. The van der Waals surface area contributed by atoms with E-state index in [2.05, 4.69) is 15.6 Å². The predicted molar refractivity (Wildman–Crippen MR) is 124 cm³/mol. The molecule has 0 saturated heterocycles. The first-order chi connectivity index (χ1) is 15.6. The number of thiazole rings is 1. The number of hydrogen-bond donors (Lipinski definition) is 2. The average molecular weight is 453 g/mol. The zero-order valence-electron chi connectivity index (χ0n) is 18.3. The standard InChI is InChI=1S/C24H28N4O3S/c1-3-18(16-8-6-5-7-9-16)26-22(29)17-14-20(28-11-12-31-15-21(17)28)23(30)27-19(4-2)24-25-10-13-32-24/h5-10,13-14,18-19H,3-4,11-12,15H2,1-2H3,(H,26,29)(H,27,30). The summed E-state index contributed by atoms with van der Waals surface area (Å²) in [6.45, 7) is 5.41. The Kier molecular flexibility index (Phi) is 7.02. The summed E-state index contributed by atoms with van der Waals surface area (Å²) >= 11 is 1.52. The lowest BCUT2D eigenvalue weighted by atomic mass is 10.0. The highest BCUT2D eigenvalue weighted by atomic mass is 32.1. The number of hydrogen-bond acceptors (Lipinski definition) is 5. The fraction of sp³-hybridized carbons (Fsp3) is 0.375. The highest BCUT2D eigenvalue weighted by molar-refractivity contribution is 7.09. The van der Waals surface area contributed by atoms with E-state index in [4.69, 9.17) is 4.74 Å². The maximum Gasteiger partial charge on any atom is 0.268 e. The lowest BCUT2D eigenvalue weighted by molar-refractivity contribution is 0.0773. The quantitative estimate of drug-likeness (QED) is 0.535. The van der Waals surface area contributed by atoms with E-state index in [-0.39, 0.29) is 23.9 Å². The Hall–Kier alpha value is -2.97. The van der Waals surface area contributed by atoms with Crippen LogP contribution < -0.4 is 10.6 Å². The Morgan fingerprint density at radius 3 is 2.56 bits per heavy atom. The molecular weight excluding hydrogens is 424 g/mol. The van der Waals surface area contributed by atoms with Gasteiger partial charge in [-0.3, -0.25) is 9.59 Å². The molecule has 4 rings (SSSR count). The minimum absolute atomic E-state index is 0.101. The van der Waals surface area contributed by atoms with Crippen molar-refractivity contribution in [2.75, 3.05) is 6.61 Å². The van der Waals surface area contributed by atoms with Crippen LogP contribution in [0.15, 0.2) is 48.0 Å². The highest BCUT2D eigenvalue weighted by Crippen LogP contribution is 2.25. The first kappa shape index (κ1) is 22.2. The molecule has 2 amide bonds. The van der Waals surface area contributed by atoms with Gasteiger partial charge in [0.1, 0.15) is 10.7 Å². The van der Waals surface area contributed by atoms with Crippen LogP contribution in [0.2, 0.25) is 0 Å². The molecule has 2 unspecified atom stereocenters. The molecule has 1 aliphatic rings. The second-order valence-corrected chi connectivity index (χ2v) is 8.67. The molecule has 0 bridgehead atoms. The number of ether oxygens (including phenoxy) is 1. The second kappa shape index (κ2) is 10.1. The molecule has 0 saturated carbocycles. The predicted octanol–water partition coefficient (Wildman–Crippen LogP) is 4.24. The van der Waals surface area contributed by atoms with Crippen LogP contribution in [0.25, 0.3) is 0 Å². The third kappa shape index (κ3) is 4.61. The van der Waals surface area contributed by atoms with E-state index in [1.54, 1.807) is 12.3 Å². The van der Waals surface area contributed by atoms with E-state index in [0.717, 1.165) is 29.1 Å². The summed E-state index contributed by atoms with van der Waals surface area (Å²) in [5, 5.41) is 8.99. The fourth-order valence-corrected chi connectivity index (χ4v) is 4.80. The Morgan fingerprint density at radius 2 is 1.88 bits per heavy atom. The Balaban J connectivity index is 1.58. The molecule has 3 heterocycles. The van der Waals surface area contributed by atoms with Crippen molar-refractivity contribution in [2.45, 2.75) is 51.9 Å². The van der Waals surface area contributed by atoms with E-state index < -0.39 is 0 Å². The molecule has 2 N–H and O–H groups in total. The van der Waals surface area contributed by atoms with Crippen LogP contribution in [0.4, 0.5) is 0 Å². The smallest absolute Gasteiger partial charge is 0.268 e. The van der Waals surface area contributed by atoms with Gasteiger partial charge < -0.3 is 19.9 Å². The molecule has 3 aromatic rings. The van der Waals surface area contributed by atoms with Crippen molar-refractivity contribution in [2.24, 2.45) is 0 Å². The summed E-state index contributed by atoms with van der Waals surface area (Å²) in [4.78, 5) is 30.8. The van der Waals surface area contributed by atoms with Gasteiger partial charge >= 0.3 is 0 Å². The summed E-state index contributed by atoms with van der Waals surface area (Å²) in [5.74, 6) is -0.398. The minimum atomic E-state index is -0.204. The normalized spacial score (nSPS) is 14.9. The number of aromatic nitrogens is 2. The Morgan fingerprint density at radius 1 is 1.12 bits per heavy atom. The monoisotopic (exact) mass is 452 g/mol. The number of amides is 2. The van der Waals surface area contributed by atoms with Crippen molar-refractivity contribution in [3.63, 3.8) is 0 Å². The van der Waals surface area contributed by atoms with Crippen LogP contribution >= 0.6 is 11.3 Å². The van der Waals surface area contributed by atoms with Crippen LogP contribution in [-0.4, -0.2) is 28.0 Å². The summed E-state index contributed by atoms with van der Waals surface area (Å²) in [6.07, 6.45) is 3.24. The van der Waals surface area contributed by atoms with Crippen molar-refractivity contribution in [1.29, 1.82) is 0 Å². The van der Waals surface area contributed by atoms with Gasteiger partial charge in [0.25, 0.3) is 11.8 Å². The van der Waals surface area contributed by atoms with Crippen LogP contribution in [0.5, 0.6) is 0 Å². The molecule has 0 fully saturated rings. The summed E-state index contributed by atoms with van der Waals surface area (Å²) < 4.78 is 7.52. The van der Waals surface area contributed by atoms with Crippen molar-refractivity contribution >= 4 is 23.2 Å². The second-order valence-electron chi connectivity index (χ2n) is 7.74. The van der Waals surface area contributed by atoms with Crippen LogP contribution in [0.1, 0.15) is 75.9 Å². The van der Waals surface area contributed by atoms with Gasteiger partial charge in [0.2, 0.25) is 0 Å². The number of carbonyl (C=O) groups is 2. The number of fused-ring (bicyclic) bond motifs is 1. The van der Waals surface area contributed by atoms with Crippen LogP contribution in [0.3, 0.4) is 0 Å². The van der Waals surface area contributed by atoms with E-state index in [1.807, 2.05) is 54.1 Å². The van der Waals surface area contributed by atoms with Gasteiger partial charge in [-0.05, 0) is 24.5 Å². The van der Waals surface area contributed by atoms with E-state index in [9.17, 15) is 9.59 Å². The van der Waals surface area contributed by atoms with E-state index in [1.165, 1.54) is 11.3 Å². The molecule has 0 radical (unpaired) electrons. The first-order valence-electron chi connectivity index (χ1n) is 11.0.